The first-order chi connectivity index (χ1) is 15.8. The SMILES string of the molecule is NC(=O)NCc1csc2c1S(O)(O)N=C(c1c(O)c3ccccc3n(NC3CCC3)c1=O)N2. The molecule has 0 atom stereocenters. The number of nitrogens with one attached hydrogen (secondary N) is 3. The van der Waals surface area contributed by atoms with Gasteiger partial charge in [0.25, 0.3) is 5.56 Å². The van der Waals surface area contributed by atoms with Crippen LogP contribution in [0.2, 0.25) is 0 Å². The highest BCUT2D eigenvalue weighted by Gasteiger charge is 2.34. The van der Waals surface area contributed by atoms with E-state index in [9.17, 15) is 23.8 Å². The zero-order chi connectivity index (χ0) is 23.3. The molecule has 2 aromatic heterocycles. The summed E-state index contributed by atoms with van der Waals surface area (Å²) in [6, 6.07) is 6.30. The van der Waals surface area contributed by atoms with Gasteiger partial charge in [-0.1, -0.05) is 22.9 Å². The van der Waals surface area contributed by atoms with Gasteiger partial charge in [-0.3, -0.25) is 13.9 Å². The van der Waals surface area contributed by atoms with Crippen LogP contribution in [-0.2, 0) is 6.54 Å². The fourth-order valence-electron chi connectivity index (χ4n) is 3.87. The van der Waals surface area contributed by atoms with Crippen molar-refractivity contribution in [3.63, 3.8) is 0 Å². The van der Waals surface area contributed by atoms with E-state index in [1.54, 1.807) is 29.6 Å². The Hall–Kier alpha value is -3.26. The molecule has 1 aromatic carbocycles. The second-order valence-electron chi connectivity index (χ2n) is 7.86. The van der Waals surface area contributed by atoms with Gasteiger partial charge in [-0.05, 0) is 36.8 Å². The van der Waals surface area contributed by atoms with Crippen LogP contribution in [0, 0.1) is 0 Å². The number of amides is 2. The van der Waals surface area contributed by atoms with E-state index < -0.39 is 22.4 Å². The fourth-order valence-corrected chi connectivity index (χ4v) is 6.55. The molecule has 1 saturated carbocycles. The van der Waals surface area contributed by atoms with Gasteiger partial charge in [-0.25, -0.2) is 9.47 Å². The second kappa shape index (κ2) is 7.95. The summed E-state index contributed by atoms with van der Waals surface area (Å²) in [5, 5.41) is 18.8. The molecule has 3 heterocycles. The molecule has 8 N–H and O–H groups in total. The van der Waals surface area contributed by atoms with Gasteiger partial charge in [0.2, 0.25) is 0 Å². The van der Waals surface area contributed by atoms with Gasteiger partial charge in [0.15, 0.2) is 5.84 Å². The number of fused-ring (bicyclic) bond motifs is 2. The van der Waals surface area contributed by atoms with Gasteiger partial charge in [-0.15, -0.1) is 15.7 Å². The number of aromatic hydroxyl groups is 1. The van der Waals surface area contributed by atoms with Crippen LogP contribution in [0.15, 0.2) is 43.7 Å². The van der Waals surface area contributed by atoms with Gasteiger partial charge in [-0.2, -0.15) is 0 Å². The van der Waals surface area contributed by atoms with E-state index in [0.29, 0.717) is 21.5 Å². The van der Waals surface area contributed by atoms with Gasteiger partial charge in [0, 0.05) is 23.5 Å². The number of pyridine rings is 1. The first kappa shape index (κ1) is 21.6. The van der Waals surface area contributed by atoms with Crippen molar-refractivity contribution in [3.05, 3.63) is 51.1 Å². The third-order valence-electron chi connectivity index (χ3n) is 5.70. The number of benzene rings is 1. The van der Waals surface area contributed by atoms with Crippen LogP contribution in [0.5, 0.6) is 5.75 Å². The molecule has 1 aliphatic carbocycles. The summed E-state index contributed by atoms with van der Waals surface area (Å²) in [6.07, 6.45) is 2.92. The van der Waals surface area contributed by atoms with E-state index in [4.69, 9.17) is 5.73 Å². The molecule has 2 aliphatic rings. The fraction of sp³-hybridized carbons (Fsp3) is 0.250. The molecule has 13 heteroatoms. The molecular weight excluding hydrogens is 468 g/mol. The zero-order valence-corrected chi connectivity index (χ0v) is 18.9. The molecule has 2 amide bonds. The van der Waals surface area contributed by atoms with Gasteiger partial charge >= 0.3 is 6.03 Å². The lowest BCUT2D eigenvalue weighted by atomic mass is 9.94. The quantitative estimate of drug-likeness (QED) is 0.288. The molecule has 1 fully saturated rings. The molecule has 0 radical (unpaired) electrons. The van der Waals surface area contributed by atoms with Crippen molar-refractivity contribution < 1.29 is 19.0 Å². The number of primary amides is 1. The van der Waals surface area contributed by atoms with Crippen molar-refractivity contribution in [2.24, 2.45) is 10.1 Å². The Kier molecular flexibility index (Phi) is 5.20. The number of rotatable bonds is 5. The van der Waals surface area contributed by atoms with Crippen LogP contribution >= 0.6 is 22.1 Å². The summed E-state index contributed by atoms with van der Waals surface area (Å²) in [4.78, 5) is 24.7. The van der Waals surface area contributed by atoms with E-state index in [1.165, 1.54) is 4.68 Å². The molecule has 11 nitrogen and oxygen atoms in total. The van der Waals surface area contributed by atoms with E-state index in [-0.39, 0.29) is 34.6 Å². The number of nitrogens with zero attached hydrogens (tertiary/aromatic N) is 2. The normalized spacial score (nSPS) is 17.9. The van der Waals surface area contributed by atoms with Crippen LogP contribution in [0.25, 0.3) is 10.9 Å². The standard InChI is InChI=1S/C20H22N6O5S2/c21-20(29)22-8-10-9-32-18-16(10)33(30,31)25-17(23-18)14-15(27)12-6-1-2-7-13(12)26(19(14)28)24-11-4-3-5-11/h1-2,6-7,9,11,24,27,30-31H,3-5,8H2,(H,23,25)(H3,21,22,29). The van der Waals surface area contributed by atoms with Crippen molar-refractivity contribution in [1.82, 2.24) is 9.99 Å². The van der Waals surface area contributed by atoms with Crippen molar-refractivity contribution in [2.45, 2.75) is 36.7 Å². The highest BCUT2D eigenvalue weighted by molar-refractivity contribution is 8.23. The number of para-hydroxylation sites is 1. The van der Waals surface area contributed by atoms with E-state index in [1.807, 2.05) is 0 Å². The lowest BCUT2D eigenvalue weighted by Crippen LogP contribution is -2.42. The van der Waals surface area contributed by atoms with Crippen LogP contribution in [0.1, 0.15) is 30.4 Å². The number of urea groups is 1. The number of hydrogen-bond donors (Lipinski definition) is 7. The monoisotopic (exact) mass is 490 g/mol. The topological polar surface area (TPSA) is 174 Å². The summed E-state index contributed by atoms with van der Waals surface area (Å²) < 4.78 is 27.1. The first-order valence-corrected chi connectivity index (χ1v) is 12.6. The van der Waals surface area contributed by atoms with E-state index in [0.717, 1.165) is 30.6 Å². The Morgan fingerprint density at radius 2 is 2.09 bits per heavy atom. The number of carbonyl (C=O) groups is 1. The van der Waals surface area contributed by atoms with E-state index >= 15 is 0 Å². The minimum absolute atomic E-state index is 0.0110. The smallest absolute Gasteiger partial charge is 0.312 e. The third kappa shape index (κ3) is 3.68. The lowest BCUT2D eigenvalue weighted by molar-refractivity contribution is 0.248. The number of nitrogens with two attached hydrogens (primary N) is 1. The molecule has 0 saturated heterocycles. The highest BCUT2D eigenvalue weighted by atomic mass is 32.3. The maximum atomic E-state index is 13.5. The Morgan fingerprint density at radius 1 is 1.33 bits per heavy atom. The predicted octanol–water partition coefficient (Wildman–Crippen LogP) is 2.93. The average molecular weight is 491 g/mol. The molecule has 0 bridgehead atoms. The Balaban J connectivity index is 1.63. The zero-order valence-electron chi connectivity index (χ0n) is 17.2. The number of thiophene rings is 1. The van der Waals surface area contributed by atoms with Crippen molar-refractivity contribution >= 4 is 49.9 Å². The first-order valence-electron chi connectivity index (χ1n) is 10.2. The summed E-state index contributed by atoms with van der Waals surface area (Å²) >= 11 is 1.16. The maximum Gasteiger partial charge on any atom is 0.312 e. The summed E-state index contributed by atoms with van der Waals surface area (Å²) in [7, 11) is -3.73. The third-order valence-corrected chi connectivity index (χ3v) is 8.23. The Labute approximate surface area is 193 Å². The molecule has 0 unspecified atom stereocenters. The predicted molar refractivity (Wildman–Crippen MR) is 129 cm³/mol. The van der Waals surface area contributed by atoms with Gasteiger partial charge in [0.05, 0.1) is 5.52 Å². The number of aromatic nitrogens is 1. The second-order valence-corrected chi connectivity index (χ2v) is 10.4. The molecule has 0 spiro atoms. The summed E-state index contributed by atoms with van der Waals surface area (Å²) in [6.45, 7) is -0.0110. The minimum atomic E-state index is -3.73. The minimum Gasteiger partial charge on any atom is -0.506 e. The molecule has 5 rings (SSSR count). The lowest BCUT2D eigenvalue weighted by Gasteiger charge is -2.33. The molecule has 174 valence electrons. The van der Waals surface area contributed by atoms with Crippen LogP contribution < -0.4 is 27.4 Å². The van der Waals surface area contributed by atoms with Gasteiger partial charge in [0.1, 0.15) is 21.2 Å². The molecule has 3 aromatic rings. The number of hydrogen-bond acceptors (Lipinski definition) is 9. The Morgan fingerprint density at radius 3 is 2.79 bits per heavy atom. The molecule has 1 aliphatic heterocycles. The van der Waals surface area contributed by atoms with Crippen LogP contribution in [0.4, 0.5) is 9.80 Å². The number of anilines is 1. The Bertz CT molecular complexity index is 1360. The van der Waals surface area contributed by atoms with E-state index in [2.05, 4.69) is 20.5 Å². The van der Waals surface area contributed by atoms with Crippen LogP contribution in [-0.4, -0.2) is 36.8 Å². The van der Waals surface area contributed by atoms with Crippen LogP contribution in [0.3, 0.4) is 0 Å². The van der Waals surface area contributed by atoms with Gasteiger partial charge < -0.3 is 26.9 Å². The maximum absolute atomic E-state index is 13.5. The average Bonchev–Trinajstić information content (AvgIpc) is 3.15. The summed E-state index contributed by atoms with van der Waals surface area (Å²) in [5.74, 6) is -0.449. The van der Waals surface area contributed by atoms with Crippen molar-refractivity contribution in [3.8, 4) is 5.75 Å². The number of amidine groups is 1. The van der Waals surface area contributed by atoms with Crippen molar-refractivity contribution in [2.75, 3.05) is 10.7 Å². The highest BCUT2D eigenvalue weighted by Crippen LogP contribution is 2.59. The largest absolute Gasteiger partial charge is 0.506 e. The number of carbonyl (C=O) groups excluding carboxylic acids is 1. The van der Waals surface area contributed by atoms with Crippen molar-refractivity contribution in [1.29, 1.82) is 0 Å². The molecular formula is C20H22N6O5S2. The summed E-state index contributed by atoms with van der Waals surface area (Å²) in [5.41, 5.74) is 8.54. The molecule has 33 heavy (non-hydrogen) atoms.